The average Bonchev–Trinajstić information content (AvgIpc) is 2.03. The summed E-state index contributed by atoms with van der Waals surface area (Å²) >= 11 is 0. The van der Waals surface area contributed by atoms with Crippen LogP contribution in [-0.4, -0.2) is 7.28 Å². The number of benzene rings is 1. The SMILES string of the molecule is CC(C)[B]Cc1ccccc1. The molecule has 1 aromatic carbocycles. The van der Waals surface area contributed by atoms with Crippen molar-refractivity contribution in [1.82, 2.24) is 0 Å². The molecule has 57 valence electrons. The second-order valence-electron chi connectivity index (χ2n) is 3.17. The lowest BCUT2D eigenvalue weighted by atomic mass is 9.62. The molecule has 0 fully saturated rings. The van der Waals surface area contributed by atoms with Gasteiger partial charge in [-0.15, -0.1) is 0 Å². The average molecular weight is 145 g/mol. The van der Waals surface area contributed by atoms with E-state index in [0.717, 1.165) is 6.32 Å². The summed E-state index contributed by atoms with van der Waals surface area (Å²) in [7, 11) is 2.33. The molecule has 1 rings (SSSR count). The molecule has 1 heteroatoms. The van der Waals surface area contributed by atoms with Crippen molar-refractivity contribution in [2.75, 3.05) is 0 Å². The fourth-order valence-electron chi connectivity index (χ4n) is 0.986. The smallest absolute Gasteiger partial charge is 0.0741 e. The van der Waals surface area contributed by atoms with Gasteiger partial charge in [0.25, 0.3) is 0 Å². The highest BCUT2D eigenvalue weighted by atomic mass is 13.9. The Labute approximate surface area is 69.9 Å². The maximum atomic E-state index is 2.33. The zero-order valence-corrected chi connectivity index (χ0v) is 7.25. The van der Waals surface area contributed by atoms with E-state index < -0.39 is 0 Å². The van der Waals surface area contributed by atoms with Gasteiger partial charge in [-0.3, -0.25) is 0 Å². The lowest BCUT2D eigenvalue weighted by Gasteiger charge is -2.01. The number of hydrogen-bond acceptors (Lipinski definition) is 0. The van der Waals surface area contributed by atoms with Gasteiger partial charge in [0.2, 0.25) is 0 Å². The van der Waals surface area contributed by atoms with E-state index in [2.05, 4.69) is 51.5 Å². The predicted molar refractivity (Wildman–Crippen MR) is 51.0 cm³/mol. The van der Waals surface area contributed by atoms with Gasteiger partial charge in [0.15, 0.2) is 0 Å². The van der Waals surface area contributed by atoms with Crippen molar-refractivity contribution in [2.45, 2.75) is 26.0 Å². The van der Waals surface area contributed by atoms with E-state index in [1.807, 2.05) is 0 Å². The standard InChI is InChI=1S/C10H14B/c1-9(2)11-8-10-6-4-3-5-7-10/h3-7,9H,8H2,1-2H3. The Morgan fingerprint density at radius 2 is 1.82 bits per heavy atom. The second-order valence-corrected chi connectivity index (χ2v) is 3.17. The molecule has 0 unspecified atom stereocenters. The van der Waals surface area contributed by atoms with Gasteiger partial charge in [0.1, 0.15) is 7.28 Å². The first-order chi connectivity index (χ1) is 5.29. The normalized spacial score (nSPS) is 10.1. The van der Waals surface area contributed by atoms with Crippen molar-refractivity contribution >= 4 is 7.28 Å². The molecular formula is C10H14B. The minimum absolute atomic E-state index is 0.690. The summed E-state index contributed by atoms with van der Waals surface area (Å²) in [5, 5.41) is 0. The van der Waals surface area contributed by atoms with E-state index in [4.69, 9.17) is 0 Å². The lowest BCUT2D eigenvalue weighted by molar-refractivity contribution is 1.04. The molecule has 0 aliphatic carbocycles. The van der Waals surface area contributed by atoms with Crippen LogP contribution < -0.4 is 0 Å². The fourth-order valence-corrected chi connectivity index (χ4v) is 0.986. The summed E-state index contributed by atoms with van der Waals surface area (Å²) in [4.78, 5) is 0. The molecule has 1 radical (unpaired) electrons. The van der Waals surface area contributed by atoms with Gasteiger partial charge < -0.3 is 0 Å². The van der Waals surface area contributed by atoms with E-state index in [0.29, 0.717) is 5.82 Å². The number of hydrogen-bond donors (Lipinski definition) is 0. The van der Waals surface area contributed by atoms with E-state index in [1.165, 1.54) is 5.56 Å². The van der Waals surface area contributed by atoms with E-state index >= 15 is 0 Å². The summed E-state index contributed by atoms with van der Waals surface area (Å²) in [6.45, 7) is 4.42. The topological polar surface area (TPSA) is 0 Å². The van der Waals surface area contributed by atoms with Crippen LogP contribution in [0.4, 0.5) is 0 Å². The monoisotopic (exact) mass is 145 g/mol. The predicted octanol–water partition coefficient (Wildman–Crippen LogP) is 2.72. The van der Waals surface area contributed by atoms with Crippen LogP contribution in [0.15, 0.2) is 30.3 Å². The summed E-state index contributed by atoms with van der Waals surface area (Å²) in [6.07, 6.45) is 1.10. The van der Waals surface area contributed by atoms with Gasteiger partial charge in [0, 0.05) is 0 Å². The van der Waals surface area contributed by atoms with Gasteiger partial charge in [-0.1, -0.05) is 61.9 Å². The van der Waals surface area contributed by atoms with Crippen molar-refractivity contribution in [3.05, 3.63) is 35.9 Å². The van der Waals surface area contributed by atoms with Crippen LogP contribution in [0.25, 0.3) is 0 Å². The second kappa shape index (κ2) is 4.22. The Morgan fingerprint density at radius 3 is 2.36 bits per heavy atom. The Balaban J connectivity index is 2.39. The molecule has 0 bridgehead atoms. The summed E-state index contributed by atoms with van der Waals surface area (Å²) in [6, 6.07) is 10.6. The number of rotatable bonds is 3. The molecule has 0 spiro atoms. The van der Waals surface area contributed by atoms with Gasteiger partial charge in [-0.2, -0.15) is 0 Å². The lowest BCUT2D eigenvalue weighted by Crippen LogP contribution is -1.99. The van der Waals surface area contributed by atoms with E-state index in [9.17, 15) is 0 Å². The Morgan fingerprint density at radius 1 is 1.18 bits per heavy atom. The van der Waals surface area contributed by atoms with Crippen LogP contribution in [0.5, 0.6) is 0 Å². The summed E-state index contributed by atoms with van der Waals surface area (Å²) < 4.78 is 0. The van der Waals surface area contributed by atoms with Gasteiger partial charge in [-0.25, -0.2) is 0 Å². The first-order valence-corrected chi connectivity index (χ1v) is 4.16. The third kappa shape index (κ3) is 3.27. The van der Waals surface area contributed by atoms with Crippen molar-refractivity contribution < 1.29 is 0 Å². The molecule has 0 atom stereocenters. The van der Waals surface area contributed by atoms with E-state index in [1.54, 1.807) is 0 Å². The molecule has 0 heterocycles. The largest absolute Gasteiger partial charge is 0.118 e. The third-order valence-corrected chi connectivity index (χ3v) is 1.67. The molecule has 0 saturated carbocycles. The van der Waals surface area contributed by atoms with Crippen molar-refractivity contribution in [3.8, 4) is 0 Å². The van der Waals surface area contributed by atoms with Crippen LogP contribution in [-0.2, 0) is 6.32 Å². The maximum Gasteiger partial charge on any atom is 0.118 e. The zero-order valence-electron chi connectivity index (χ0n) is 7.25. The molecule has 1 aromatic rings. The quantitative estimate of drug-likeness (QED) is 0.573. The molecule has 0 N–H and O–H groups in total. The van der Waals surface area contributed by atoms with Crippen LogP contribution >= 0.6 is 0 Å². The minimum Gasteiger partial charge on any atom is -0.0741 e. The molecule has 11 heavy (non-hydrogen) atoms. The van der Waals surface area contributed by atoms with Crippen LogP contribution in [0, 0.1) is 0 Å². The molecule has 0 aromatic heterocycles. The van der Waals surface area contributed by atoms with Crippen LogP contribution in [0.2, 0.25) is 5.82 Å². The Hall–Kier alpha value is -0.715. The highest BCUT2D eigenvalue weighted by Gasteiger charge is 1.96. The van der Waals surface area contributed by atoms with Crippen molar-refractivity contribution in [2.24, 2.45) is 0 Å². The van der Waals surface area contributed by atoms with Gasteiger partial charge >= 0.3 is 0 Å². The van der Waals surface area contributed by atoms with E-state index in [-0.39, 0.29) is 0 Å². The molecule has 0 aliphatic rings. The zero-order chi connectivity index (χ0) is 8.10. The Bertz CT molecular complexity index is 191. The molecule has 0 nitrogen and oxygen atoms in total. The third-order valence-electron chi connectivity index (χ3n) is 1.67. The molecule has 0 aliphatic heterocycles. The first-order valence-electron chi connectivity index (χ1n) is 4.16. The summed E-state index contributed by atoms with van der Waals surface area (Å²) in [5.74, 6) is 0.690. The molecule has 0 saturated heterocycles. The van der Waals surface area contributed by atoms with Crippen LogP contribution in [0.3, 0.4) is 0 Å². The van der Waals surface area contributed by atoms with Crippen molar-refractivity contribution in [3.63, 3.8) is 0 Å². The fraction of sp³-hybridized carbons (Fsp3) is 0.400. The minimum atomic E-state index is 0.690. The highest BCUT2D eigenvalue weighted by molar-refractivity contribution is 6.36. The highest BCUT2D eigenvalue weighted by Crippen LogP contribution is 2.04. The maximum absolute atomic E-state index is 2.33. The van der Waals surface area contributed by atoms with Crippen LogP contribution in [0.1, 0.15) is 19.4 Å². The molecule has 0 amide bonds. The molecular weight excluding hydrogens is 131 g/mol. The Kier molecular flexibility index (Phi) is 3.22. The van der Waals surface area contributed by atoms with Crippen molar-refractivity contribution in [1.29, 1.82) is 0 Å². The van der Waals surface area contributed by atoms with Gasteiger partial charge in [-0.05, 0) is 0 Å². The first kappa shape index (κ1) is 8.38. The summed E-state index contributed by atoms with van der Waals surface area (Å²) in [5.41, 5.74) is 1.40. The van der Waals surface area contributed by atoms with Gasteiger partial charge in [0.05, 0.1) is 0 Å².